The molecule has 8 nitrogen and oxygen atoms in total. The van der Waals surface area contributed by atoms with E-state index in [9.17, 15) is 9.59 Å². The minimum atomic E-state index is -1.09. The fraction of sp³-hybridized carbons (Fsp3) is 0.0588. The van der Waals surface area contributed by atoms with Crippen LogP contribution in [0.4, 0.5) is 5.69 Å². The van der Waals surface area contributed by atoms with E-state index in [4.69, 9.17) is 16.4 Å². The van der Waals surface area contributed by atoms with Crippen LogP contribution in [-0.2, 0) is 0 Å². The molecule has 0 amide bonds. The molecule has 0 fully saturated rings. The number of H-pyrrole nitrogens is 1. The van der Waals surface area contributed by atoms with Crippen LogP contribution in [0.15, 0.2) is 47.5 Å². The average molecular weight is 336 g/mol. The van der Waals surface area contributed by atoms with Gasteiger partial charge in [0.05, 0.1) is 24.8 Å². The van der Waals surface area contributed by atoms with Gasteiger partial charge in [-0.05, 0) is 18.2 Å². The molecule has 0 spiro atoms. The number of carbonyl (C=O) groups is 1. The second-order valence-corrected chi connectivity index (χ2v) is 5.03. The number of carboxylic acids is 1. The van der Waals surface area contributed by atoms with Crippen molar-refractivity contribution in [3.05, 3.63) is 70.1 Å². The molecule has 0 unspecified atom stereocenters. The van der Waals surface area contributed by atoms with E-state index >= 15 is 0 Å². The molecule has 3 rings (SSSR count). The second-order valence-electron chi connectivity index (χ2n) is 5.03. The van der Waals surface area contributed by atoms with Gasteiger partial charge in [0.15, 0.2) is 11.5 Å². The van der Waals surface area contributed by atoms with Gasteiger partial charge in [-0.1, -0.05) is 12.1 Å². The molecule has 0 saturated heterocycles. The second kappa shape index (κ2) is 6.33. The molecule has 0 radical (unpaired) electrons. The van der Waals surface area contributed by atoms with Crippen LogP contribution in [0.2, 0.25) is 0 Å². The molecule has 2 N–H and O–H groups in total. The molecule has 124 valence electrons. The standard InChI is InChI=1S/C17H12N4O4/c1-18-11-4-5-12(14(7-11)25-2)13-9-20-21(16(13)22)15-6-3-10(8-19-15)17(23)24/h3-9,20H,2H3,(H,23,24). The molecule has 1 aromatic carbocycles. The zero-order valence-corrected chi connectivity index (χ0v) is 13.1. The Hall–Kier alpha value is -3.86. The summed E-state index contributed by atoms with van der Waals surface area (Å²) in [5.74, 6) is -0.424. The van der Waals surface area contributed by atoms with Crippen LogP contribution in [0.1, 0.15) is 10.4 Å². The maximum atomic E-state index is 12.7. The lowest BCUT2D eigenvalue weighted by atomic mass is 10.1. The zero-order chi connectivity index (χ0) is 18.0. The van der Waals surface area contributed by atoms with Gasteiger partial charge in [0.2, 0.25) is 0 Å². The van der Waals surface area contributed by atoms with Gasteiger partial charge >= 0.3 is 5.97 Å². The zero-order valence-electron chi connectivity index (χ0n) is 13.1. The van der Waals surface area contributed by atoms with Crippen LogP contribution in [-0.4, -0.2) is 33.0 Å². The van der Waals surface area contributed by atoms with Crippen molar-refractivity contribution in [2.45, 2.75) is 0 Å². The number of carboxylic acid groups (broad SMARTS) is 1. The Morgan fingerprint density at radius 3 is 2.72 bits per heavy atom. The van der Waals surface area contributed by atoms with Gasteiger partial charge < -0.3 is 9.84 Å². The molecular formula is C17H12N4O4. The van der Waals surface area contributed by atoms with E-state index in [0.29, 0.717) is 22.6 Å². The number of nitrogens with one attached hydrogen (secondary N) is 1. The number of aromatic nitrogens is 3. The number of pyridine rings is 1. The van der Waals surface area contributed by atoms with Gasteiger partial charge in [0.1, 0.15) is 5.75 Å². The highest BCUT2D eigenvalue weighted by Crippen LogP contribution is 2.31. The van der Waals surface area contributed by atoms with Crippen molar-refractivity contribution < 1.29 is 14.6 Å². The normalized spacial score (nSPS) is 10.2. The first-order valence-corrected chi connectivity index (χ1v) is 7.11. The Labute approximate surface area is 141 Å². The van der Waals surface area contributed by atoms with Gasteiger partial charge in [-0.15, -0.1) is 0 Å². The van der Waals surface area contributed by atoms with E-state index in [1.807, 2.05) is 0 Å². The summed E-state index contributed by atoms with van der Waals surface area (Å²) in [4.78, 5) is 30.9. The first-order valence-electron chi connectivity index (χ1n) is 7.11. The SMILES string of the molecule is [C-]#[N+]c1ccc(-c2c[nH]n(-c3ccc(C(=O)O)cn3)c2=O)c(OC)c1. The van der Waals surface area contributed by atoms with E-state index in [1.54, 1.807) is 18.2 Å². The highest BCUT2D eigenvalue weighted by molar-refractivity contribution is 5.87. The summed E-state index contributed by atoms with van der Waals surface area (Å²) in [6.45, 7) is 7.04. The number of aromatic carboxylic acids is 1. The summed E-state index contributed by atoms with van der Waals surface area (Å²) < 4.78 is 6.47. The van der Waals surface area contributed by atoms with Crippen LogP contribution in [0.3, 0.4) is 0 Å². The lowest BCUT2D eigenvalue weighted by molar-refractivity contribution is 0.0696. The van der Waals surface area contributed by atoms with Crippen molar-refractivity contribution in [1.82, 2.24) is 14.8 Å². The number of aromatic amines is 1. The lowest BCUT2D eigenvalue weighted by Gasteiger charge is -2.06. The molecular weight excluding hydrogens is 324 g/mol. The largest absolute Gasteiger partial charge is 0.497 e. The summed E-state index contributed by atoms with van der Waals surface area (Å²) in [6.07, 6.45) is 2.68. The number of hydrogen-bond acceptors (Lipinski definition) is 4. The smallest absolute Gasteiger partial charge is 0.337 e. The van der Waals surface area contributed by atoms with E-state index in [2.05, 4.69) is 14.9 Å². The minimum Gasteiger partial charge on any atom is -0.497 e. The maximum Gasteiger partial charge on any atom is 0.337 e. The summed E-state index contributed by atoms with van der Waals surface area (Å²) >= 11 is 0. The van der Waals surface area contributed by atoms with E-state index < -0.39 is 5.97 Å². The van der Waals surface area contributed by atoms with Gasteiger partial charge in [0, 0.05) is 18.0 Å². The average Bonchev–Trinajstić information content (AvgIpc) is 3.02. The van der Waals surface area contributed by atoms with Crippen molar-refractivity contribution in [3.8, 4) is 22.7 Å². The van der Waals surface area contributed by atoms with Crippen LogP contribution in [0.25, 0.3) is 21.8 Å². The number of benzene rings is 1. The summed E-state index contributed by atoms with van der Waals surface area (Å²) in [5.41, 5.74) is 0.946. The number of nitrogens with zero attached hydrogens (tertiary/aromatic N) is 3. The predicted octanol–water partition coefficient (Wildman–Crippen LogP) is 2.49. The van der Waals surface area contributed by atoms with E-state index in [1.165, 1.54) is 36.3 Å². The molecule has 0 saturated carbocycles. The van der Waals surface area contributed by atoms with Gasteiger partial charge in [-0.2, -0.15) is 0 Å². The van der Waals surface area contributed by atoms with Crippen LogP contribution in [0, 0.1) is 6.57 Å². The van der Waals surface area contributed by atoms with Crippen LogP contribution >= 0.6 is 0 Å². The van der Waals surface area contributed by atoms with E-state index in [0.717, 1.165) is 0 Å². The molecule has 0 aliphatic carbocycles. The van der Waals surface area contributed by atoms with E-state index in [-0.39, 0.29) is 16.9 Å². The van der Waals surface area contributed by atoms with Crippen molar-refractivity contribution in [2.24, 2.45) is 0 Å². The number of rotatable bonds is 4. The Balaban J connectivity index is 2.06. The summed E-state index contributed by atoms with van der Waals surface area (Å²) in [6, 6.07) is 7.59. The third-order valence-corrected chi connectivity index (χ3v) is 3.60. The highest BCUT2D eigenvalue weighted by atomic mass is 16.5. The lowest BCUT2D eigenvalue weighted by Crippen LogP contribution is -2.17. The topological polar surface area (TPSA) is 102 Å². The Morgan fingerprint density at radius 1 is 1.32 bits per heavy atom. The quantitative estimate of drug-likeness (QED) is 0.713. The molecule has 3 aromatic rings. The first-order chi connectivity index (χ1) is 12.0. The molecule has 8 heteroatoms. The Kier molecular flexibility index (Phi) is 4.05. The van der Waals surface area contributed by atoms with Gasteiger partial charge in [-0.3, -0.25) is 9.89 Å². The van der Waals surface area contributed by atoms with Gasteiger partial charge in [-0.25, -0.2) is 19.3 Å². The van der Waals surface area contributed by atoms with Crippen LogP contribution < -0.4 is 10.3 Å². The number of ether oxygens (including phenoxy) is 1. The number of hydrogen-bond donors (Lipinski definition) is 2. The predicted molar refractivity (Wildman–Crippen MR) is 89.4 cm³/mol. The Bertz CT molecular complexity index is 1040. The fourth-order valence-corrected chi connectivity index (χ4v) is 2.35. The third kappa shape index (κ3) is 2.86. The minimum absolute atomic E-state index is 0.0278. The van der Waals surface area contributed by atoms with Gasteiger partial charge in [0.25, 0.3) is 5.56 Å². The molecule has 0 aliphatic heterocycles. The number of methoxy groups -OCH3 is 1. The molecule has 0 aliphatic rings. The fourth-order valence-electron chi connectivity index (χ4n) is 2.35. The van der Waals surface area contributed by atoms with Crippen LogP contribution in [0.5, 0.6) is 5.75 Å². The van der Waals surface area contributed by atoms with Crippen molar-refractivity contribution >= 4 is 11.7 Å². The molecule has 2 aromatic heterocycles. The molecule has 2 heterocycles. The van der Waals surface area contributed by atoms with Crippen molar-refractivity contribution in [1.29, 1.82) is 0 Å². The molecule has 25 heavy (non-hydrogen) atoms. The Morgan fingerprint density at radius 2 is 2.12 bits per heavy atom. The van der Waals surface area contributed by atoms with Crippen molar-refractivity contribution in [3.63, 3.8) is 0 Å². The summed E-state index contributed by atoms with van der Waals surface area (Å²) in [5, 5.41) is 11.7. The van der Waals surface area contributed by atoms with Crippen molar-refractivity contribution in [2.75, 3.05) is 7.11 Å². The molecule has 0 atom stereocenters. The summed E-state index contributed by atoms with van der Waals surface area (Å²) in [7, 11) is 1.46. The highest BCUT2D eigenvalue weighted by Gasteiger charge is 2.15. The maximum absolute atomic E-state index is 12.7. The molecule has 0 bridgehead atoms. The first kappa shape index (κ1) is 16.0. The third-order valence-electron chi connectivity index (χ3n) is 3.60. The monoisotopic (exact) mass is 336 g/mol.